The SMILES string of the molecule is CCOc1ccc(-c2coc3cc(OCC)c(/C(C)=C/C(=O)N4CCN(C(C)=O)CC4)cc23)cc1. The molecule has 4 rings (SSSR count). The predicted octanol–water partition coefficient (Wildman–Crippen LogP) is 4.99. The lowest BCUT2D eigenvalue weighted by Gasteiger charge is -2.33. The normalized spacial score (nSPS) is 14.3. The van der Waals surface area contributed by atoms with E-state index in [2.05, 4.69) is 0 Å². The Morgan fingerprint density at radius 2 is 1.60 bits per heavy atom. The number of carbonyl (C=O) groups is 2. The molecule has 1 fully saturated rings. The van der Waals surface area contributed by atoms with Crippen molar-refractivity contribution >= 4 is 28.4 Å². The van der Waals surface area contributed by atoms with E-state index in [9.17, 15) is 9.59 Å². The zero-order valence-corrected chi connectivity index (χ0v) is 20.8. The molecule has 1 aliphatic heterocycles. The summed E-state index contributed by atoms with van der Waals surface area (Å²) in [7, 11) is 0. The van der Waals surface area contributed by atoms with Crippen LogP contribution in [0.25, 0.3) is 27.7 Å². The summed E-state index contributed by atoms with van der Waals surface area (Å²) in [6.07, 6.45) is 3.41. The van der Waals surface area contributed by atoms with Crippen LogP contribution >= 0.6 is 0 Å². The highest BCUT2D eigenvalue weighted by molar-refractivity contribution is 6.00. The first-order chi connectivity index (χ1) is 16.9. The lowest BCUT2D eigenvalue weighted by Crippen LogP contribution is -2.49. The van der Waals surface area contributed by atoms with Crippen molar-refractivity contribution < 1.29 is 23.5 Å². The Morgan fingerprint density at radius 1 is 0.943 bits per heavy atom. The van der Waals surface area contributed by atoms with Gasteiger partial charge in [0.1, 0.15) is 17.1 Å². The zero-order chi connectivity index (χ0) is 24.9. The van der Waals surface area contributed by atoms with E-state index in [1.807, 2.05) is 57.2 Å². The third-order valence-corrected chi connectivity index (χ3v) is 6.25. The number of ether oxygens (including phenoxy) is 2. The van der Waals surface area contributed by atoms with E-state index in [4.69, 9.17) is 13.9 Å². The fourth-order valence-electron chi connectivity index (χ4n) is 4.36. The van der Waals surface area contributed by atoms with Gasteiger partial charge in [0.25, 0.3) is 0 Å². The van der Waals surface area contributed by atoms with Gasteiger partial charge in [-0.2, -0.15) is 0 Å². The first-order valence-electron chi connectivity index (χ1n) is 12.1. The van der Waals surface area contributed by atoms with Crippen LogP contribution in [0, 0.1) is 0 Å². The second-order valence-electron chi connectivity index (χ2n) is 8.54. The summed E-state index contributed by atoms with van der Waals surface area (Å²) in [4.78, 5) is 28.1. The highest BCUT2D eigenvalue weighted by Gasteiger charge is 2.22. The molecule has 0 aliphatic carbocycles. The molecule has 7 heteroatoms. The van der Waals surface area contributed by atoms with Crippen molar-refractivity contribution in [3.8, 4) is 22.6 Å². The van der Waals surface area contributed by atoms with Crippen LogP contribution < -0.4 is 9.47 Å². The number of hydrogen-bond acceptors (Lipinski definition) is 5. The largest absolute Gasteiger partial charge is 0.494 e. The van der Waals surface area contributed by atoms with Gasteiger partial charge in [0.2, 0.25) is 11.8 Å². The van der Waals surface area contributed by atoms with E-state index in [1.165, 1.54) is 0 Å². The highest BCUT2D eigenvalue weighted by atomic mass is 16.5. The number of fused-ring (bicyclic) bond motifs is 1. The van der Waals surface area contributed by atoms with Crippen molar-refractivity contribution in [3.05, 3.63) is 54.3 Å². The van der Waals surface area contributed by atoms with E-state index < -0.39 is 0 Å². The Hall–Kier alpha value is -3.74. The molecule has 7 nitrogen and oxygen atoms in total. The lowest BCUT2D eigenvalue weighted by molar-refractivity contribution is -0.135. The second-order valence-corrected chi connectivity index (χ2v) is 8.54. The van der Waals surface area contributed by atoms with Crippen molar-refractivity contribution in [1.29, 1.82) is 0 Å². The Balaban J connectivity index is 1.65. The summed E-state index contributed by atoms with van der Waals surface area (Å²) in [5.74, 6) is 1.48. The maximum Gasteiger partial charge on any atom is 0.246 e. The average molecular weight is 477 g/mol. The summed E-state index contributed by atoms with van der Waals surface area (Å²) in [5, 5.41) is 0.947. The summed E-state index contributed by atoms with van der Waals surface area (Å²) in [5.41, 5.74) is 4.37. The Labute approximate surface area is 205 Å². The summed E-state index contributed by atoms with van der Waals surface area (Å²) in [6.45, 7) is 10.7. The molecule has 2 amide bonds. The standard InChI is InChI=1S/C28H32N2O5/c1-5-33-22-9-7-21(8-10-22)25-18-35-27-17-26(34-6-2)23(16-24(25)27)19(3)15-28(32)30-13-11-29(12-14-30)20(4)31/h7-10,15-18H,5-6,11-14H2,1-4H3/b19-15+. The third-order valence-electron chi connectivity index (χ3n) is 6.25. The Bertz CT molecular complexity index is 1230. The molecule has 3 aromatic rings. The average Bonchev–Trinajstić information content (AvgIpc) is 3.27. The van der Waals surface area contributed by atoms with Gasteiger partial charge in [0.05, 0.1) is 19.5 Å². The summed E-state index contributed by atoms with van der Waals surface area (Å²) in [6, 6.07) is 11.8. The molecule has 35 heavy (non-hydrogen) atoms. The lowest BCUT2D eigenvalue weighted by atomic mass is 9.99. The van der Waals surface area contributed by atoms with Crippen LogP contribution in [0.5, 0.6) is 11.5 Å². The number of amides is 2. The summed E-state index contributed by atoms with van der Waals surface area (Å²) >= 11 is 0. The molecule has 184 valence electrons. The van der Waals surface area contributed by atoms with Crippen molar-refractivity contribution in [2.24, 2.45) is 0 Å². The van der Waals surface area contributed by atoms with Gasteiger partial charge >= 0.3 is 0 Å². The number of furan rings is 1. The molecule has 2 aromatic carbocycles. The maximum absolute atomic E-state index is 13.0. The number of carbonyl (C=O) groups excluding carboxylic acids is 2. The molecule has 2 heterocycles. The molecule has 0 bridgehead atoms. The maximum atomic E-state index is 13.0. The molecule has 0 unspecified atom stereocenters. The smallest absolute Gasteiger partial charge is 0.246 e. The fraction of sp³-hybridized carbons (Fsp3) is 0.357. The number of hydrogen-bond donors (Lipinski definition) is 0. The fourth-order valence-corrected chi connectivity index (χ4v) is 4.36. The molecule has 1 aromatic heterocycles. The van der Waals surface area contributed by atoms with Crippen LogP contribution in [0.15, 0.2) is 53.2 Å². The third kappa shape index (κ3) is 5.34. The van der Waals surface area contributed by atoms with Gasteiger partial charge in [-0.15, -0.1) is 0 Å². The van der Waals surface area contributed by atoms with Crippen molar-refractivity contribution in [3.63, 3.8) is 0 Å². The van der Waals surface area contributed by atoms with E-state index in [0.717, 1.165) is 39.0 Å². The van der Waals surface area contributed by atoms with Gasteiger partial charge in [-0.1, -0.05) is 12.1 Å². The van der Waals surface area contributed by atoms with E-state index >= 15 is 0 Å². The second kappa shape index (κ2) is 10.7. The molecule has 0 saturated carbocycles. The van der Waals surface area contributed by atoms with Gasteiger partial charge < -0.3 is 23.7 Å². The molecule has 0 spiro atoms. The first-order valence-corrected chi connectivity index (χ1v) is 12.1. The van der Waals surface area contributed by atoms with Crippen molar-refractivity contribution in [1.82, 2.24) is 9.80 Å². The van der Waals surface area contributed by atoms with Crippen molar-refractivity contribution in [2.75, 3.05) is 39.4 Å². The highest BCUT2D eigenvalue weighted by Crippen LogP contribution is 2.38. The molecular weight excluding hydrogens is 444 g/mol. The molecule has 1 aliphatic rings. The molecule has 0 N–H and O–H groups in total. The minimum atomic E-state index is -0.0628. The van der Waals surface area contributed by atoms with E-state index in [-0.39, 0.29) is 11.8 Å². The molecule has 1 saturated heterocycles. The number of allylic oxidation sites excluding steroid dienone is 1. The van der Waals surface area contributed by atoms with Gasteiger partial charge in [-0.25, -0.2) is 0 Å². The quantitative estimate of drug-likeness (QED) is 0.449. The van der Waals surface area contributed by atoms with Gasteiger partial charge in [-0.05, 0) is 50.1 Å². The number of rotatable bonds is 7. The van der Waals surface area contributed by atoms with E-state index in [1.54, 1.807) is 29.1 Å². The topological polar surface area (TPSA) is 72.2 Å². The van der Waals surface area contributed by atoms with Crippen LogP contribution in [0.2, 0.25) is 0 Å². The monoisotopic (exact) mass is 476 g/mol. The minimum absolute atomic E-state index is 0.0435. The summed E-state index contributed by atoms with van der Waals surface area (Å²) < 4.78 is 17.3. The first kappa shape index (κ1) is 24.4. The molecule has 0 radical (unpaired) electrons. The Kier molecular flexibility index (Phi) is 7.44. The van der Waals surface area contributed by atoms with Crippen LogP contribution in [0.3, 0.4) is 0 Å². The van der Waals surface area contributed by atoms with Crippen LogP contribution in [0.4, 0.5) is 0 Å². The van der Waals surface area contributed by atoms with Crippen LogP contribution in [0.1, 0.15) is 33.3 Å². The van der Waals surface area contributed by atoms with E-state index in [0.29, 0.717) is 45.1 Å². The number of benzene rings is 2. The molecular formula is C28H32N2O5. The predicted molar refractivity (Wildman–Crippen MR) is 136 cm³/mol. The van der Waals surface area contributed by atoms with Gasteiger partial charge in [0, 0.05) is 61.8 Å². The van der Waals surface area contributed by atoms with Crippen LogP contribution in [-0.4, -0.2) is 61.0 Å². The Morgan fingerprint density at radius 3 is 2.23 bits per heavy atom. The number of nitrogens with zero attached hydrogens (tertiary/aromatic N) is 2. The van der Waals surface area contributed by atoms with Gasteiger partial charge in [0.15, 0.2) is 0 Å². The number of piperazine rings is 1. The zero-order valence-electron chi connectivity index (χ0n) is 20.8. The molecule has 0 atom stereocenters. The van der Waals surface area contributed by atoms with Gasteiger partial charge in [-0.3, -0.25) is 9.59 Å². The van der Waals surface area contributed by atoms with Crippen molar-refractivity contribution in [2.45, 2.75) is 27.7 Å². The van der Waals surface area contributed by atoms with Crippen LogP contribution in [-0.2, 0) is 9.59 Å². The minimum Gasteiger partial charge on any atom is -0.494 e.